The van der Waals surface area contributed by atoms with Crippen molar-refractivity contribution in [1.29, 1.82) is 0 Å². The Morgan fingerprint density at radius 3 is 2.55 bits per heavy atom. The normalized spacial score (nSPS) is 10.7. The van der Waals surface area contributed by atoms with E-state index in [1.165, 1.54) is 0 Å². The van der Waals surface area contributed by atoms with Gasteiger partial charge in [0.1, 0.15) is 5.75 Å². The molecule has 0 aliphatic heterocycles. The molecule has 0 aliphatic carbocycles. The van der Waals surface area contributed by atoms with Crippen LogP contribution in [0.5, 0.6) is 5.75 Å². The van der Waals surface area contributed by atoms with Gasteiger partial charge in [0.25, 0.3) is 0 Å². The molecule has 0 bridgehead atoms. The van der Waals surface area contributed by atoms with Crippen LogP contribution in [0.4, 0.5) is 5.82 Å². The smallest absolute Gasteiger partial charge is 0.178 e. The first-order valence-electron chi connectivity index (χ1n) is 6.13. The molecule has 0 amide bonds. The molecule has 0 saturated carbocycles. The molecule has 2 aromatic heterocycles. The van der Waals surface area contributed by atoms with Gasteiger partial charge < -0.3 is 15.0 Å². The van der Waals surface area contributed by atoms with E-state index in [9.17, 15) is 0 Å². The average molecular weight is 286 g/mol. The summed E-state index contributed by atoms with van der Waals surface area (Å²) < 4.78 is 10.6. The lowest BCUT2D eigenvalue weighted by Gasteiger charge is -2.04. The zero-order valence-corrected chi connectivity index (χ0v) is 12.0. The quantitative estimate of drug-likeness (QED) is 0.791. The zero-order valence-electron chi connectivity index (χ0n) is 11.2. The Kier molecular flexibility index (Phi) is 3.20. The van der Waals surface area contributed by atoms with Gasteiger partial charge in [-0.05, 0) is 35.6 Å². The largest absolute Gasteiger partial charge is 0.497 e. The van der Waals surface area contributed by atoms with E-state index in [2.05, 4.69) is 10.5 Å². The summed E-state index contributed by atoms with van der Waals surface area (Å²) in [6.07, 6.45) is 0. The standard InChI is InChI=1S/C15H14N2O2S/c1-9-7-20-8-12(9)14-13(15(16)17-19-14)10-3-5-11(18-2)6-4-10/h3-8H,1-2H3,(H2,16,17). The van der Waals surface area contributed by atoms with Crippen LogP contribution >= 0.6 is 11.3 Å². The van der Waals surface area contributed by atoms with E-state index in [0.717, 1.165) is 28.0 Å². The second kappa shape index (κ2) is 5.02. The number of hydrogen-bond donors (Lipinski definition) is 1. The second-order valence-corrected chi connectivity index (χ2v) is 5.21. The Morgan fingerprint density at radius 1 is 1.20 bits per heavy atom. The predicted octanol–water partition coefficient (Wildman–Crippen LogP) is 3.97. The molecule has 0 atom stereocenters. The number of nitrogens with two attached hydrogens (primary N) is 1. The summed E-state index contributed by atoms with van der Waals surface area (Å²) in [7, 11) is 1.64. The number of rotatable bonds is 3. The van der Waals surface area contributed by atoms with Gasteiger partial charge in [0, 0.05) is 10.9 Å². The van der Waals surface area contributed by atoms with Crippen LogP contribution in [0, 0.1) is 6.92 Å². The van der Waals surface area contributed by atoms with Crippen molar-refractivity contribution in [3.63, 3.8) is 0 Å². The first kappa shape index (κ1) is 12.7. The van der Waals surface area contributed by atoms with Gasteiger partial charge in [-0.25, -0.2) is 0 Å². The maximum absolute atomic E-state index is 5.97. The number of aryl methyl sites for hydroxylation is 1. The molecule has 1 aromatic carbocycles. The van der Waals surface area contributed by atoms with Gasteiger partial charge in [0.05, 0.1) is 12.7 Å². The van der Waals surface area contributed by atoms with E-state index in [0.29, 0.717) is 11.6 Å². The fraction of sp³-hybridized carbons (Fsp3) is 0.133. The molecule has 0 fully saturated rings. The highest BCUT2D eigenvalue weighted by Gasteiger charge is 2.19. The fourth-order valence-corrected chi connectivity index (χ4v) is 2.94. The first-order valence-corrected chi connectivity index (χ1v) is 7.07. The van der Waals surface area contributed by atoms with Crippen LogP contribution in [0.2, 0.25) is 0 Å². The van der Waals surface area contributed by atoms with Crippen LogP contribution < -0.4 is 10.5 Å². The molecule has 3 rings (SSSR count). The second-order valence-electron chi connectivity index (χ2n) is 4.47. The van der Waals surface area contributed by atoms with Gasteiger partial charge in [0.15, 0.2) is 11.6 Å². The number of anilines is 1. The van der Waals surface area contributed by atoms with Crippen LogP contribution in [0.15, 0.2) is 39.5 Å². The molecule has 0 aliphatic rings. The Balaban J connectivity index is 2.13. The number of ether oxygens (including phenoxy) is 1. The van der Waals surface area contributed by atoms with Crippen molar-refractivity contribution in [3.05, 3.63) is 40.6 Å². The van der Waals surface area contributed by atoms with Crippen LogP contribution in [-0.2, 0) is 0 Å². The van der Waals surface area contributed by atoms with Crippen LogP contribution in [0.3, 0.4) is 0 Å². The van der Waals surface area contributed by atoms with E-state index in [-0.39, 0.29) is 0 Å². The number of thiophene rings is 1. The van der Waals surface area contributed by atoms with E-state index in [1.54, 1.807) is 18.4 Å². The SMILES string of the molecule is COc1ccc(-c2c(N)noc2-c2cscc2C)cc1. The van der Waals surface area contributed by atoms with Gasteiger partial charge >= 0.3 is 0 Å². The van der Waals surface area contributed by atoms with Crippen molar-refractivity contribution >= 4 is 17.2 Å². The van der Waals surface area contributed by atoms with Gasteiger partial charge in [-0.3, -0.25) is 0 Å². The van der Waals surface area contributed by atoms with E-state index >= 15 is 0 Å². The van der Waals surface area contributed by atoms with Crippen molar-refractivity contribution < 1.29 is 9.26 Å². The lowest BCUT2D eigenvalue weighted by atomic mass is 10.0. The van der Waals surface area contributed by atoms with Gasteiger partial charge in [0.2, 0.25) is 0 Å². The van der Waals surface area contributed by atoms with Crippen molar-refractivity contribution in [2.45, 2.75) is 6.92 Å². The molecule has 2 heterocycles. The minimum atomic E-state index is 0.399. The highest BCUT2D eigenvalue weighted by Crippen LogP contribution is 2.39. The highest BCUT2D eigenvalue weighted by molar-refractivity contribution is 7.08. The Hall–Kier alpha value is -2.27. The fourth-order valence-electron chi connectivity index (χ4n) is 2.12. The molecule has 102 valence electrons. The number of nitrogen functional groups attached to an aromatic ring is 1. The third kappa shape index (κ3) is 2.06. The number of nitrogens with zero attached hydrogens (tertiary/aromatic N) is 1. The molecule has 5 heteroatoms. The lowest BCUT2D eigenvalue weighted by Crippen LogP contribution is -1.89. The predicted molar refractivity (Wildman–Crippen MR) is 81.0 cm³/mol. The van der Waals surface area contributed by atoms with Crippen molar-refractivity contribution in [2.75, 3.05) is 12.8 Å². The number of benzene rings is 1. The maximum Gasteiger partial charge on any atom is 0.178 e. The zero-order chi connectivity index (χ0) is 14.1. The molecule has 0 radical (unpaired) electrons. The summed E-state index contributed by atoms with van der Waals surface area (Å²) in [6.45, 7) is 2.04. The topological polar surface area (TPSA) is 61.3 Å². The van der Waals surface area contributed by atoms with Crippen LogP contribution in [0.1, 0.15) is 5.56 Å². The first-order chi connectivity index (χ1) is 9.70. The summed E-state index contributed by atoms with van der Waals surface area (Å²) in [5, 5.41) is 8.03. The Bertz CT molecular complexity index is 729. The molecule has 0 spiro atoms. The van der Waals surface area contributed by atoms with E-state index in [4.69, 9.17) is 15.0 Å². The van der Waals surface area contributed by atoms with Crippen LogP contribution in [0.25, 0.3) is 22.5 Å². The third-order valence-corrected chi connectivity index (χ3v) is 4.06. The van der Waals surface area contributed by atoms with Gasteiger partial charge in [-0.1, -0.05) is 17.3 Å². The monoisotopic (exact) mass is 286 g/mol. The number of hydrogen-bond acceptors (Lipinski definition) is 5. The molecular formula is C15H14N2O2S. The number of methoxy groups -OCH3 is 1. The lowest BCUT2D eigenvalue weighted by molar-refractivity contribution is 0.415. The summed E-state index contributed by atoms with van der Waals surface area (Å²) in [6, 6.07) is 7.69. The molecule has 4 nitrogen and oxygen atoms in total. The van der Waals surface area contributed by atoms with E-state index < -0.39 is 0 Å². The Morgan fingerprint density at radius 2 is 1.95 bits per heavy atom. The van der Waals surface area contributed by atoms with Crippen molar-refractivity contribution in [2.24, 2.45) is 0 Å². The molecule has 2 N–H and O–H groups in total. The minimum absolute atomic E-state index is 0.399. The highest BCUT2D eigenvalue weighted by atomic mass is 32.1. The Labute approximate surface area is 120 Å². The molecule has 0 saturated heterocycles. The van der Waals surface area contributed by atoms with E-state index in [1.807, 2.05) is 36.6 Å². The van der Waals surface area contributed by atoms with Crippen molar-refractivity contribution in [3.8, 4) is 28.2 Å². The molecule has 0 unspecified atom stereocenters. The number of aromatic nitrogens is 1. The summed E-state index contributed by atoms with van der Waals surface area (Å²) in [4.78, 5) is 0. The summed E-state index contributed by atoms with van der Waals surface area (Å²) >= 11 is 1.63. The van der Waals surface area contributed by atoms with Gasteiger partial charge in [-0.15, -0.1) is 0 Å². The molecular weight excluding hydrogens is 272 g/mol. The average Bonchev–Trinajstić information content (AvgIpc) is 3.05. The van der Waals surface area contributed by atoms with Gasteiger partial charge in [-0.2, -0.15) is 11.3 Å². The molecule has 3 aromatic rings. The maximum atomic E-state index is 5.97. The minimum Gasteiger partial charge on any atom is -0.497 e. The summed E-state index contributed by atoms with van der Waals surface area (Å²) in [5.74, 6) is 1.92. The van der Waals surface area contributed by atoms with Crippen LogP contribution in [-0.4, -0.2) is 12.3 Å². The summed E-state index contributed by atoms with van der Waals surface area (Å²) in [5.41, 5.74) is 9.94. The van der Waals surface area contributed by atoms with Crippen molar-refractivity contribution in [1.82, 2.24) is 5.16 Å². The molecule has 20 heavy (non-hydrogen) atoms. The third-order valence-electron chi connectivity index (χ3n) is 3.20.